The van der Waals surface area contributed by atoms with Gasteiger partial charge in [-0.15, -0.1) is 11.6 Å². The molecule has 2 aromatic carbocycles. The maximum absolute atomic E-state index is 6.61. The van der Waals surface area contributed by atoms with Crippen molar-refractivity contribution in [2.75, 3.05) is 0 Å². The minimum Gasteiger partial charge on any atom is -0.123 e. The Bertz CT molecular complexity index is 564. The Kier molecular flexibility index (Phi) is 5.03. The molecule has 2 heteroatoms. The van der Waals surface area contributed by atoms with Gasteiger partial charge in [0.1, 0.15) is 0 Å². The van der Waals surface area contributed by atoms with Gasteiger partial charge in [0.25, 0.3) is 0 Å². The molecule has 0 spiro atoms. The van der Waals surface area contributed by atoms with Crippen LogP contribution in [0.4, 0.5) is 0 Å². The summed E-state index contributed by atoms with van der Waals surface area (Å²) >= 11 is 10.1. The predicted octanol–water partition coefficient (Wildman–Crippen LogP) is 6.18. The summed E-state index contributed by atoms with van der Waals surface area (Å²) in [5.41, 5.74) is 2.87. The van der Waals surface area contributed by atoms with Crippen molar-refractivity contribution in [1.29, 1.82) is 0 Å². The van der Waals surface area contributed by atoms with Crippen molar-refractivity contribution in [3.8, 4) is 0 Å². The van der Waals surface area contributed by atoms with Crippen LogP contribution in [0.2, 0.25) is 0 Å². The van der Waals surface area contributed by atoms with Gasteiger partial charge in [0.15, 0.2) is 0 Å². The summed E-state index contributed by atoms with van der Waals surface area (Å²) in [4.78, 5) is 0. The third kappa shape index (κ3) is 3.90. The average molecular weight is 364 g/mol. The second-order valence-corrected chi connectivity index (χ2v) is 7.50. The molecule has 3 atom stereocenters. The first-order valence-corrected chi connectivity index (χ1v) is 8.89. The van der Waals surface area contributed by atoms with Crippen LogP contribution < -0.4 is 0 Å². The van der Waals surface area contributed by atoms with E-state index in [0.717, 1.165) is 17.3 Å². The molecule has 110 valence electrons. The molecule has 0 N–H and O–H groups in total. The highest BCUT2D eigenvalue weighted by Crippen LogP contribution is 2.40. The quantitative estimate of drug-likeness (QED) is 0.571. The van der Waals surface area contributed by atoms with E-state index in [9.17, 15) is 0 Å². The van der Waals surface area contributed by atoms with Crippen molar-refractivity contribution in [1.82, 2.24) is 0 Å². The largest absolute Gasteiger partial charge is 0.123 e. The van der Waals surface area contributed by atoms with Crippen LogP contribution in [-0.2, 0) is 6.42 Å². The topological polar surface area (TPSA) is 0 Å². The summed E-state index contributed by atoms with van der Waals surface area (Å²) in [5.74, 6) is 1.24. The van der Waals surface area contributed by atoms with Crippen LogP contribution in [0.1, 0.15) is 36.3 Å². The standard InChI is InChI=1S/C19H20BrCl/c20-18-9-6-14(7-10-18)12-17-13-16(8-11-19(17)21)15-4-2-1-3-5-15/h1-7,9-10,16-17,19H,8,11-13H2. The Hall–Kier alpha value is -0.790. The van der Waals surface area contributed by atoms with E-state index in [4.69, 9.17) is 11.6 Å². The molecule has 2 aromatic rings. The molecule has 3 unspecified atom stereocenters. The Morgan fingerprint density at radius 2 is 1.67 bits per heavy atom. The van der Waals surface area contributed by atoms with Crippen LogP contribution in [0.15, 0.2) is 59.1 Å². The number of hydrogen-bond donors (Lipinski definition) is 0. The van der Waals surface area contributed by atoms with E-state index >= 15 is 0 Å². The first kappa shape index (κ1) is 15.1. The first-order chi connectivity index (χ1) is 10.2. The number of rotatable bonds is 3. The van der Waals surface area contributed by atoms with Gasteiger partial charge in [-0.3, -0.25) is 0 Å². The van der Waals surface area contributed by atoms with Crippen molar-refractivity contribution in [3.63, 3.8) is 0 Å². The van der Waals surface area contributed by atoms with Crippen LogP contribution in [0.5, 0.6) is 0 Å². The van der Waals surface area contributed by atoms with E-state index in [2.05, 4.69) is 70.5 Å². The zero-order valence-electron chi connectivity index (χ0n) is 12.0. The monoisotopic (exact) mass is 362 g/mol. The van der Waals surface area contributed by atoms with Crippen molar-refractivity contribution in [2.45, 2.75) is 37.0 Å². The molecular formula is C19H20BrCl. The van der Waals surface area contributed by atoms with E-state index in [1.165, 1.54) is 24.0 Å². The predicted molar refractivity (Wildman–Crippen MR) is 94.0 cm³/mol. The molecule has 0 bridgehead atoms. The number of halogens is 2. The average Bonchev–Trinajstić information content (AvgIpc) is 2.52. The lowest BCUT2D eigenvalue weighted by atomic mass is 9.75. The molecule has 1 aliphatic carbocycles. The molecule has 0 amide bonds. The SMILES string of the molecule is ClC1CCC(c2ccccc2)CC1Cc1ccc(Br)cc1. The first-order valence-electron chi connectivity index (χ1n) is 7.66. The van der Waals surface area contributed by atoms with Gasteiger partial charge in [-0.05, 0) is 60.8 Å². The zero-order valence-corrected chi connectivity index (χ0v) is 14.4. The lowest BCUT2D eigenvalue weighted by Gasteiger charge is -2.33. The molecule has 21 heavy (non-hydrogen) atoms. The van der Waals surface area contributed by atoms with Crippen LogP contribution in [-0.4, -0.2) is 5.38 Å². The van der Waals surface area contributed by atoms with Gasteiger partial charge in [-0.1, -0.05) is 58.4 Å². The third-order valence-electron chi connectivity index (χ3n) is 4.57. The van der Waals surface area contributed by atoms with Gasteiger partial charge in [0, 0.05) is 9.85 Å². The third-order valence-corrected chi connectivity index (χ3v) is 5.68. The van der Waals surface area contributed by atoms with E-state index in [-0.39, 0.29) is 0 Å². The normalized spacial score (nSPS) is 25.7. The molecule has 0 nitrogen and oxygen atoms in total. The highest BCUT2D eigenvalue weighted by molar-refractivity contribution is 9.10. The molecule has 1 saturated carbocycles. The second kappa shape index (κ2) is 6.98. The Balaban J connectivity index is 1.70. The fourth-order valence-corrected chi connectivity index (χ4v) is 3.97. The van der Waals surface area contributed by atoms with Gasteiger partial charge in [0.05, 0.1) is 0 Å². The van der Waals surface area contributed by atoms with Gasteiger partial charge >= 0.3 is 0 Å². The molecule has 1 fully saturated rings. The molecule has 0 heterocycles. The van der Waals surface area contributed by atoms with Crippen LogP contribution in [0, 0.1) is 5.92 Å². The second-order valence-electron chi connectivity index (χ2n) is 6.03. The lowest BCUT2D eigenvalue weighted by molar-refractivity contribution is 0.327. The van der Waals surface area contributed by atoms with Crippen molar-refractivity contribution >= 4 is 27.5 Å². The number of alkyl halides is 1. The fourth-order valence-electron chi connectivity index (χ4n) is 3.39. The molecule has 0 aliphatic heterocycles. The van der Waals surface area contributed by atoms with Crippen molar-refractivity contribution in [2.24, 2.45) is 5.92 Å². The van der Waals surface area contributed by atoms with E-state index < -0.39 is 0 Å². The van der Waals surface area contributed by atoms with Crippen molar-refractivity contribution < 1.29 is 0 Å². The maximum Gasteiger partial charge on any atom is 0.0367 e. The highest BCUT2D eigenvalue weighted by Gasteiger charge is 2.29. The summed E-state index contributed by atoms with van der Waals surface area (Å²) in [6, 6.07) is 19.6. The van der Waals surface area contributed by atoms with Gasteiger partial charge in [-0.2, -0.15) is 0 Å². The zero-order chi connectivity index (χ0) is 14.7. The maximum atomic E-state index is 6.61. The van der Waals surface area contributed by atoms with Crippen LogP contribution in [0.25, 0.3) is 0 Å². The molecular weight excluding hydrogens is 344 g/mol. The van der Waals surface area contributed by atoms with E-state index in [0.29, 0.717) is 17.2 Å². The van der Waals surface area contributed by atoms with E-state index in [1.54, 1.807) is 0 Å². The lowest BCUT2D eigenvalue weighted by Crippen LogP contribution is -2.26. The van der Waals surface area contributed by atoms with Gasteiger partial charge < -0.3 is 0 Å². The molecule has 3 rings (SSSR count). The van der Waals surface area contributed by atoms with Crippen molar-refractivity contribution in [3.05, 3.63) is 70.2 Å². The Labute approximate surface area is 140 Å². The number of benzene rings is 2. The van der Waals surface area contributed by atoms with Gasteiger partial charge in [-0.25, -0.2) is 0 Å². The Morgan fingerprint density at radius 1 is 0.952 bits per heavy atom. The minimum atomic E-state index is 0.314. The summed E-state index contributed by atoms with van der Waals surface area (Å²) in [6.45, 7) is 0. The summed E-state index contributed by atoms with van der Waals surface area (Å²) in [5, 5.41) is 0.314. The summed E-state index contributed by atoms with van der Waals surface area (Å²) < 4.78 is 1.14. The molecule has 1 aliphatic rings. The highest BCUT2D eigenvalue weighted by atomic mass is 79.9. The van der Waals surface area contributed by atoms with E-state index in [1.807, 2.05) is 0 Å². The Morgan fingerprint density at radius 3 is 2.38 bits per heavy atom. The van der Waals surface area contributed by atoms with Crippen LogP contribution in [0.3, 0.4) is 0 Å². The smallest absolute Gasteiger partial charge is 0.0367 e. The number of hydrogen-bond acceptors (Lipinski definition) is 0. The molecule has 0 aromatic heterocycles. The molecule has 0 saturated heterocycles. The summed E-state index contributed by atoms with van der Waals surface area (Å²) in [7, 11) is 0. The fraction of sp³-hybridized carbons (Fsp3) is 0.368. The minimum absolute atomic E-state index is 0.314. The molecule has 0 radical (unpaired) electrons. The summed E-state index contributed by atoms with van der Waals surface area (Å²) in [6.07, 6.45) is 4.64. The van der Waals surface area contributed by atoms with Gasteiger partial charge in [0.2, 0.25) is 0 Å². The van der Waals surface area contributed by atoms with Crippen LogP contribution >= 0.6 is 27.5 Å².